The molecule has 2 aromatic rings. The Morgan fingerprint density at radius 3 is 2.37 bits per heavy atom. The fraction of sp³-hybridized carbons (Fsp3) is 0.357. The van der Waals surface area contributed by atoms with Crippen molar-refractivity contribution in [3.63, 3.8) is 0 Å². The Hall–Kier alpha value is -1.91. The van der Waals surface area contributed by atoms with Gasteiger partial charge in [-0.1, -0.05) is 12.8 Å². The standard InChI is InChI=1S/C14H15F2N3/c15-10-5-9(6-11(16)7-10)12-13(18-19-14(12)17)8-3-1-2-4-8/h5-8H,1-4H2,(H3,17,18,19). The number of aromatic nitrogens is 2. The first kappa shape index (κ1) is 12.1. The molecule has 1 aromatic heterocycles. The van der Waals surface area contributed by atoms with Crippen LogP contribution in [0.5, 0.6) is 0 Å². The topological polar surface area (TPSA) is 54.7 Å². The molecule has 3 N–H and O–H groups in total. The second kappa shape index (κ2) is 4.64. The van der Waals surface area contributed by atoms with Crippen LogP contribution in [0.25, 0.3) is 11.1 Å². The lowest BCUT2D eigenvalue weighted by Crippen LogP contribution is -1.97. The van der Waals surface area contributed by atoms with Gasteiger partial charge in [0.15, 0.2) is 5.82 Å². The lowest BCUT2D eigenvalue weighted by atomic mass is 9.95. The zero-order valence-electron chi connectivity index (χ0n) is 10.4. The van der Waals surface area contributed by atoms with Gasteiger partial charge in [-0.05, 0) is 30.5 Å². The van der Waals surface area contributed by atoms with Crippen LogP contribution in [-0.4, -0.2) is 10.2 Å². The van der Waals surface area contributed by atoms with E-state index in [-0.39, 0.29) is 0 Å². The summed E-state index contributed by atoms with van der Waals surface area (Å²) in [4.78, 5) is 0. The lowest BCUT2D eigenvalue weighted by Gasteiger charge is -2.10. The van der Waals surface area contributed by atoms with E-state index < -0.39 is 11.6 Å². The van der Waals surface area contributed by atoms with E-state index in [1.54, 1.807) is 0 Å². The quantitative estimate of drug-likeness (QED) is 0.869. The van der Waals surface area contributed by atoms with Crippen molar-refractivity contribution in [3.8, 4) is 11.1 Å². The number of rotatable bonds is 2. The van der Waals surface area contributed by atoms with E-state index >= 15 is 0 Å². The molecule has 0 amide bonds. The van der Waals surface area contributed by atoms with E-state index in [1.807, 2.05) is 0 Å². The third kappa shape index (κ3) is 2.20. The van der Waals surface area contributed by atoms with E-state index in [0.29, 0.717) is 22.9 Å². The SMILES string of the molecule is Nc1n[nH]c(C2CCCC2)c1-c1cc(F)cc(F)c1. The molecule has 1 saturated carbocycles. The Balaban J connectivity index is 2.10. The van der Waals surface area contributed by atoms with Crippen molar-refractivity contribution in [1.29, 1.82) is 0 Å². The number of H-pyrrole nitrogens is 1. The zero-order chi connectivity index (χ0) is 13.4. The molecule has 100 valence electrons. The van der Waals surface area contributed by atoms with Crippen LogP contribution < -0.4 is 5.73 Å². The highest BCUT2D eigenvalue weighted by Gasteiger charge is 2.24. The van der Waals surface area contributed by atoms with Crippen LogP contribution >= 0.6 is 0 Å². The molecule has 1 fully saturated rings. The van der Waals surface area contributed by atoms with Crippen molar-refractivity contribution in [2.24, 2.45) is 0 Å². The van der Waals surface area contributed by atoms with Gasteiger partial charge in [0.05, 0.1) is 0 Å². The van der Waals surface area contributed by atoms with Gasteiger partial charge < -0.3 is 5.73 Å². The van der Waals surface area contributed by atoms with Crippen LogP contribution in [0.1, 0.15) is 37.3 Å². The number of anilines is 1. The number of hydrogen-bond acceptors (Lipinski definition) is 2. The Labute approximate surface area is 109 Å². The minimum absolute atomic E-state index is 0.298. The highest BCUT2D eigenvalue weighted by molar-refractivity contribution is 5.76. The molecule has 3 rings (SSSR count). The molecule has 0 unspecified atom stereocenters. The summed E-state index contributed by atoms with van der Waals surface area (Å²) < 4.78 is 26.7. The van der Waals surface area contributed by atoms with Crippen LogP contribution in [0.4, 0.5) is 14.6 Å². The molecule has 1 aromatic carbocycles. The van der Waals surface area contributed by atoms with Crippen LogP contribution in [-0.2, 0) is 0 Å². The van der Waals surface area contributed by atoms with E-state index in [1.165, 1.54) is 25.0 Å². The van der Waals surface area contributed by atoms with Crippen molar-refractivity contribution in [3.05, 3.63) is 35.5 Å². The Morgan fingerprint density at radius 1 is 1.11 bits per heavy atom. The molecule has 0 spiro atoms. The summed E-state index contributed by atoms with van der Waals surface area (Å²) in [6, 6.07) is 3.44. The lowest BCUT2D eigenvalue weighted by molar-refractivity contribution is 0.584. The molecular formula is C14H15F2N3. The van der Waals surface area contributed by atoms with Crippen molar-refractivity contribution in [2.75, 3.05) is 5.73 Å². The molecular weight excluding hydrogens is 248 g/mol. The van der Waals surface area contributed by atoms with Gasteiger partial charge in [0.2, 0.25) is 0 Å². The summed E-state index contributed by atoms with van der Waals surface area (Å²) >= 11 is 0. The zero-order valence-corrected chi connectivity index (χ0v) is 10.4. The first-order chi connectivity index (χ1) is 9.15. The third-order valence-corrected chi connectivity index (χ3v) is 3.74. The van der Waals surface area contributed by atoms with Gasteiger partial charge in [0.25, 0.3) is 0 Å². The predicted octanol–water partition coefficient (Wildman–Crippen LogP) is 3.59. The second-order valence-corrected chi connectivity index (χ2v) is 5.04. The Kier molecular flexibility index (Phi) is 2.97. The van der Waals surface area contributed by atoms with Crippen LogP contribution in [0.2, 0.25) is 0 Å². The van der Waals surface area contributed by atoms with Crippen LogP contribution in [0.15, 0.2) is 18.2 Å². The average molecular weight is 263 g/mol. The number of halogens is 2. The van der Waals surface area contributed by atoms with Gasteiger partial charge in [-0.2, -0.15) is 5.10 Å². The van der Waals surface area contributed by atoms with E-state index in [4.69, 9.17) is 5.73 Å². The number of benzene rings is 1. The van der Waals surface area contributed by atoms with Crippen molar-refractivity contribution >= 4 is 5.82 Å². The molecule has 3 nitrogen and oxygen atoms in total. The maximum Gasteiger partial charge on any atom is 0.153 e. The number of nitrogens with two attached hydrogens (primary N) is 1. The summed E-state index contributed by atoms with van der Waals surface area (Å²) in [7, 11) is 0. The minimum Gasteiger partial charge on any atom is -0.382 e. The van der Waals surface area contributed by atoms with Gasteiger partial charge in [-0.25, -0.2) is 8.78 Å². The van der Waals surface area contributed by atoms with Gasteiger partial charge >= 0.3 is 0 Å². The van der Waals surface area contributed by atoms with Gasteiger partial charge in [0, 0.05) is 23.2 Å². The highest BCUT2D eigenvalue weighted by Crippen LogP contribution is 2.40. The number of aromatic amines is 1. The van der Waals surface area contributed by atoms with Gasteiger partial charge in [-0.15, -0.1) is 0 Å². The largest absolute Gasteiger partial charge is 0.382 e. The fourth-order valence-electron chi connectivity index (χ4n) is 2.88. The smallest absolute Gasteiger partial charge is 0.153 e. The summed E-state index contributed by atoms with van der Waals surface area (Å²) in [5.74, 6) is -0.557. The van der Waals surface area contributed by atoms with E-state index in [0.717, 1.165) is 24.6 Å². The van der Waals surface area contributed by atoms with Crippen LogP contribution in [0, 0.1) is 11.6 Å². The van der Waals surface area contributed by atoms with Crippen molar-refractivity contribution < 1.29 is 8.78 Å². The summed E-state index contributed by atoms with van der Waals surface area (Å²) in [5.41, 5.74) is 7.85. The number of nitrogen functional groups attached to an aromatic ring is 1. The molecule has 0 saturated heterocycles. The molecule has 5 heteroatoms. The third-order valence-electron chi connectivity index (χ3n) is 3.74. The maximum absolute atomic E-state index is 13.3. The molecule has 0 atom stereocenters. The average Bonchev–Trinajstić information content (AvgIpc) is 2.95. The Bertz CT molecular complexity index is 580. The summed E-state index contributed by atoms with van der Waals surface area (Å²) in [6.45, 7) is 0. The predicted molar refractivity (Wildman–Crippen MR) is 69.6 cm³/mol. The monoisotopic (exact) mass is 263 g/mol. The Morgan fingerprint density at radius 2 is 1.74 bits per heavy atom. The molecule has 1 aliphatic carbocycles. The second-order valence-electron chi connectivity index (χ2n) is 5.04. The molecule has 0 aliphatic heterocycles. The number of nitrogens with one attached hydrogen (secondary N) is 1. The number of nitrogens with zero attached hydrogens (tertiary/aromatic N) is 1. The first-order valence-electron chi connectivity index (χ1n) is 6.45. The van der Waals surface area contributed by atoms with Gasteiger partial charge in [-0.3, -0.25) is 5.10 Å². The van der Waals surface area contributed by atoms with Crippen LogP contribution in [0.3, 0.4) is 0 Å². The first-order valence-corrected chi connectivity index (χ1v) is 6.45. The number of hydrogen-bond donors (Lipinski definition) is 2. The van der Waals surface area contributed by atoms with Crippen molar-refractivity contribution in [1.82, 2.24) is 10.2 Å². The van der Waals surface area contributed by atoms with Crippen molar-refractivity contribution in [2.45, 2.75) is 31.6 Å². The normalized spacial score (nSPS) is 16.1. The van der Waals surface area contributed by atoms with E-state index in [2.05, 4.69) is 10.2 Å². The van der Waals surface area contributed by atoms with Gasteiger partial charge in [0.1, 0.15) is 11.6 Å². The minimum atomic E-state index is -0.604. The molecule has 1 aliphatic rings. The molecule has 0 radical (unpaired) electrons. The fourth-order valence-corrected chi connectivity index (χ4v) is 2.88. The molecule has 19 heavy (non-hydrogen) atoms. The molecule has 0 bridgehead atoms. The maximum atomic E-state index is 13.3. The van der Waals surface area contributed by atoms with E-state index in [9.17, 15) is 8.78 Å². The summed E-state index contributed by atoms with van der Waals surface area (Å²) in [6.07, 6.45) is 4.46. The summed E-state index contributed by atoms with van der Waals surface area (Å²) in [5, 5.41) is 6.94. The highest BCUT2D eigenvalue weighted by atomic mass is 19.1. The molecule has 1 heterocycles.